The zero-order valence-corrected chi connectivity index (χ0v) is 9.35. The molecule has 17 heavy (non-hydrogen) atoms. The zero-order chi connectivity index (χ0) is 12.4. The van der Waals surface area contributed by atoms with Crippen LogP contribution in [-0.4, -0.2) is 19.0 Å². The van der Waals surface area contributed by atoms with E-state index < -0.39 is 11.9 Å². The maximum atomic E-state index is 11.0. The van der Waals surface area contributed by atoms with Crippen LogP contribution in [0.2, 0.25) is 5.02 Å². The second kappa shape index (κ2) is 4.48. The molecule has 1 aromatic rings. The number of benzene rings is 1. The van der Waals surface area contributed by atoms with E-state index in [1.54, 1.807) is 6.07 Å². The van der Waals surface area contributed by atoms with Crippen LogP contribution in [0.15, 0.2) is 18.2 Å². The van der Waals surface area contributed by atoms with Crippen molar-refractivity contribution in [3.8, 4) is 5.75 Å². The van der Waals surface area contributed by atoms with E-state index in [1.165, 1.54) is 19.2 Å². The lowest BCUT2D eigenvalue weighted by molar-refractivity contribution is -0.192. The number of nitrogens with one attached hydrogen (secondary N) is 1. The van der Waals surface area contributed by atoms with Gasteiger partial charge in [-0.05, 0) is 17.7 Å². The molecule has 1 saturated heterocycles. The van der Waals surface area contributed by atoms with Crippen LogP contribution in [0.5, 0.6) is 5.75 Å². The normalized spacial score (nSPS) is 15.3. The highest BCUT2D eigenvalue weighted by molar-refractivity contribution is 6.31. The molecule has 0 amide bonds. The smallest absolute Gasteiger partial charge is 0.444 e. The molecular weight excluding hydrogens is 252 g/mol. The number of hydrogen-bond acceptors (Lipinski definition) is 7. The first-order valence-electron chi connectivity index (χ1n) is 4.43. The highest BCUT2D eigenvalue weighted by atomic mass is 35.5. The predicted octanol–water partition coefficient (Wildman–Crippen LogP) is 0.590. The molecule has 1 aliphatic heterocycles. The van der Waals surface area contributed by atoms with Gasteiger partial charge in [0.25, 0.3) is 0 Å². The van der Waals surface area contributed by atoms with Gasteiger partial charge >= 0.3 is 11.9 Å². The van der Waals surface area contributed by atoms with Crippen molar-refractivity contribution in [1.29, 1.82) is 0 Å². The Kier molecular flexibility index (Phi) is 3.03. The number of hydrogen-bond donors (Lipinski definition) is 1. The summed E-state index contributed by atoms with van der Waals surface area (Å²) in [4.78, 5) is 30.7. The van der Waals surface area contributed by atoms with Crippen LogP contribution in [-0.2, 0) is 19.3 Å². The fourth-order valence-corrected chi connectivity index (χ4v) is 1.37. The molecule has 0 spiro atoms. The fourth-order valence-electron chi connectivity index (χ4n) is 1.15. The monoisotopic (exact) mass is 258 g/mol. The SMILES string of the molecule is COc1cc(Cl)cc(N2NOC(=O)C(=O)O2)c1. The average Bonchev–Trinajstić information content (AvgIpc) is 2.32. The Morgan fingerprint density at radius 1 is 1.29 bits per heavy atom. The van der Waals surface area contributed by atoms with E-state index in [-0.39, 0.29) is 0 Å². The minimum absolute atomic E-state index is 0.343. The molecule has 8 heteroatoms. The van der Waals surface area contributed by atoms with Crippen molar-refractivity contribution in [2.24, 2.45) is 0 Å². The van der Waals surface area contributed by atoms with E-state index in [4.69, 9.17) is 16.3 Å². The van der Waals surface area contributed by atoms with Crippen LogP contribution in [0.1, 0.15) is 0 Å². The molecule has 1 aliphatic rings. The first kappa shape index (κ1) is 11.5. The molecule has 2 rings (SSSR count). The summed E-state index contributed by atoms with van der Waals surface area (Å²) in [5.74, 6) is -1.81. The molecule has 0 saturated carbocycles. The molecule has 1 heterocycles. The van der Waals surface area contributed by atoms with Gasteiger partial charge in [-0.25, -0.2) is 9.59 Å². The second-order valence-electron chi connectivity index (χ2n) is 3.00. The third-order valence-electron chi connectivity index (χ3n) is 1.89. The summed E-state index contributed by atoms with van der Waals surface area (Å²) in [7, 11) is 1.46. The number of hydrazine groups is 1. The summed E-state index contributed by atoms with van der Waals surface area (Å²) in [5.41, 5.74) is 2.46. The van der Waals surface area contributed by atoms with Gasteiger partial charge in [0.1, 0.15) is 11.4 Å². The molecule has 0 atom stereocenters. The maximum absolute atomic E-state index is 11.0. The molecule has 0 radical (unpaired) electrons. The quantitative estimate of drug-likeness (QED) is 0.778. The number of nitrogens with zero attached hydrogens (tertiary/aromatic N) is 1. The first-order chi connectivity index (χ1) is 8.10. The summed E-state index contributed by atoms with van der Waals surface area (Å²) in [6.45, 7) is 0. The summed E-state index contributed by atoms with van der Waals surface area (Å²) in [6, 6.07) is 4.59. The highest BCUT2D eigenvalue weighted by Gasteiger charge is 2.29. The molecule has 0 bridgehead atoms. The van der Waals surface area contributed by atoms with Gasteiger partial charge in [0.2, 0.25) is 0 Å². The van der Waals surface area contributed by atoms with Crippen molar-refractivity contribution >= 4 is 29.2 Å². The summed E-state index contributed by atoms with van der Waals surface area (Å²) < 4.78 is 4.99. The van der Waals surface area contributed by atoms with Gasteiger partial charge in [-0.15, -0.1) is 5.17 Å². The number of halogens is 1. The Labute approximate surface area is 101 Å². The zero-order valence-electron chi connectivity index (χ0n) is 8.60. The van der Waals surface area contributed by atoms with Gasteiger partial charge in [0, 0.05) is 11.1 Å². The lowest BCUT2D eigenvalue weighted by Crippen LogP contribution is -2.49. The Morgan fingerprint density at radius 3 is 2.71 bits per heavy atom. The largest absolute Gasteiger partial charge is 0.497 e. The van der Waals surface area contributed by atoms with Gasteiger partial charge in [0.15, 0.2) is 0 Å². The van der Waals surface area contributed by atoms with E-state index in [0.29, 0.717) is 16.5 Å². The van der Waals surface area contributed by atoms with E-state index in [1.807, 2.05) is 0 Å². The van der Waals surface area contributed by atoms with Crippen molar-refractivity contribution in [3.63, 3.8) is 0 Å². The Morgan fingerprint density at radius 2 is 2.06 bits per heavy atom. The predicted molar refractivity (Wildman–Crippen MR) is 55.8 cm³/mol. The topological polar surface area (TPSA) is 77.1 Å². The minimum Gasteiger partial charge on any atom is -0.497 e. The summed E-state index contributed by atoms with van der Waals surface area (Å²) in [5, 5.41) is 1.23. The molecule has 0 aromatic heterocycles. The van der Waals surface area contributed by atoms with Crippen LogP contribution in [0, 0.1) is 0 Å². The Balaban J connectivity index is 2.25. The van der Waals surface area contributed by atoms with Crippen molar-refractivity contribution in [2.75, 3.05) is 12.3 Å². The average molecular weight is 259 g/mol. The standard InChI is InChI=1S/C9H7ClN2O5/c1-15-7-3-5(10)2-6(4-7)12-11-16-8(13)9(14)17-12/h2-4,11H,1H3. The van der Waals surface area contributed by atoms with Crippen LogP contribution in [0.25, 0.3) is 0 Å². The fraction of sp³-hybridized carbons (Fsp3) is 0.111. The van der Waals surface area contributed by atoms with Gasteiger partial charge in [-0.1, -0.05) is 11.6 Å². The maximum Gasteiger partial charge on any atom is 0.444 e. The number of carbonyl (C=O) groups excluding carboxylic acids is 2. The second-order valence-corrected chi connectivity index (χ2v) is 3.44. The number of anilines is 1. The molecular formula is C9H7ClN2O5. The Hall–Kier alpha value is -1.99. The Bertz CT molecular complexity index is 478. The molecule has 0 aliphatic carbocycles. The minimum atomic E-state index is -1.14. The summed E-state index contributed by atoms with van der Waals surface area (Å²) in [6.07, 6.45) is 0. The van der Waals surface area contributed by atoms with Gasteiger partial charge < -0.3 is 14.4 Å². The van der Waals surface area contributed by atoms with Crippen LogP contribution < -0.4 is 15.5 Å². The van der Waals surface area contributed by atoms with Crippen LogP contribution in [0.4, 0.5) is 5.69 Å². The number of ether oxygens (including phenoxy) is 1. The van der Waals surface area contributed by atoms with Crippen LogP contribution >= 0.6 is 11.6 Å². The van der Waals surface area contributed by atoms with E-state index in [2.05, 4.69) is 15.3 Å². The molecule has 0 unspecified atom stereocenters. The highest BCUT2D eigenvalue weighted by Crippen LogP contribution is 2.26. The third kappa shape index (κ3) is 2.40. The molecule has 90 valence electrons. The molecule has 1 fully saturated rings. The summed E-state index contributed by atoms with van der Waals surface area (Å²) >= 11 is 5.83. The lowest BCUT2D eigenvalue weighted by atomic mass is 10.3. The third-order valence-corrected chi connectivity index (χ3v) is 2.11. The lowest BCUT2D eigenvalue weighted by Gasteiger charge is -2.25. The first-order valence-corrected chi connectivity index (χ1v) is 4.81. The van der Waals surface area contributed by atoms with Crippen molar-refractivity contribution in [3.05, 3.63) is 23.2 Å². The molecule has 1 aromatic carbocycles. The van der Waals surface area contributed by atoms with Crippen molar-refractivity contribution < 1.29 is 24.0 Å². The number of carbonyl (C=O) groups is 2. The van der Waals surface area contributed by atoms with Crippen molar-refractivity contribution in [1.82, 2.24) is 5.59 Å². The number of rotatable bonds is 2. The molecule has 1 N–H and O–H groups in total. The van der Waals surface area contributed by atoms with Crippen molar-refractivity contribution in [2.45, 2.75) is 0 Å². The molecule has 7 nitrogen and oxygen atoms in total. The van der Waals surface area contributed by atoms with E-state index in [0.717, 1.165) is 5.17 Å². The van der Waals surface area contributed by atoms with Gasteiger partial charge in [-0.3, -0.25) is 0 Å². The number of methoxy groups -OCH3 is 1. The van der Waals surface area contributed by atoms with E-state index >= 15 is 0 Å². The van der Waals surface area contributed by atoms with Gasteiger partial charge in [-0.2, -0.15) is 0 Å². The van der Waals surface area contributed by atoms with Crippen LogP contribution in [0.3, 0.4) is 0 Å². The van der Waals surface area contributed by atoms with Gasteiger partial charge in [0.05, 0.1) is 7.11 Å². The van der Waals surface area contributed by atoms with E-state index in [9.17, 15) is 9.59 Å².